The molecule has 0 atom stereocenters. The average Bonchev–Trinajstić information content (AvgIpc) is 3.34. The second-order valence-electron chi connectivity index (χ2n) is 8.57. The number of rotatable bonds is 6. The number of aryl methyl sites for hydroxylation is 1. The lowest BCUT2D eigenvalue weighted by molar-refractivity contribution is -0.121. The Kier molecular flexibility index (Phi) is 4.72. The van der Waals surface area contributed by atoms with Gasteiger partial charge in [0.1, 0.15) is 11.0 Å². The molecule has 1 amide bonds. The van der Waals surface area contributed by atoms with Crippen LogP contribution in [0.15, 0.2) is 30.5 Å². The third kappa shape index (κ3) is 3.41. The number of hydrogen-bond donors (Lipinski definition) is 2. The van der Waals surface area contributed by atoms with E-state index in [0.29, 0.717) is 11.8 Å². The molecule has 4 aromatic rings. The molecule has 1 saturated carbocycles. The van der Waals surface area contributed by atoms with Gasteiger partial charge in [-0.05, 0) is 50.5 Å². The van der Waals surface area contributed by atoms with Gasteiger partial charge in [-0.1, -0.05) is 11.3 Å². The van der Waals surface area contributed by atoms with Crippen molar-refractivity contribution in [1.29, 1.82) is 0 Å². The van der Waals surface area contributed by atoms with Gasteiger partial charge in [0.05, 0.1) is 12.6 Å². The number of hydrogen-bond acceptors (Lipinski definition) is 7. The van der Waals surface area contributed by atoms with E-state index in [4.69, 9.17) is 4.74 Å². The number of benzene rings is 1. The smallest absolute Gasteiger partial charge is 0.244 e. The van der Waals surface area contributed by atoms with Crippen molar-refractivity contribution in [3.8, 4) is 17.0 Å². The lowest BCUT2D eigenvalue weighted by atomic mass is 9.74. The molecule has 10 heteroatoms. The van der Waals surface area contributed by atoms with Crippen LogP contribution in [-0.2, 0) is 11.3 Å². The van der Waals surface area contributed by atoms with Crippen LogP contribution in [-0.4, -0.2) is 54.2 Å². The van der Waals surface area contributed by atoms with Gasteiger partial charge in [0.15, 0.2) is 0 Å². The molecule has 3 heterocycles. The van der Waals surface area contributed by atoms with Crippen molar-refractivity contribution in [3.05, 3.63) is 30.5 Å². The first-order valence-electron chi connectivity index (χ1n) is 10.7. The van der Waals surface area contributed by atoms with Crippen molar-refractivity contribution in [2.75, 3.05) is 12.4 Å². The Morgan fingerprint density at radius 2 is 2.12 bits per heavy atom. The summed E-state index contributed by atoms with van der Waals surface area (Å²) in [5.74, 6) is 0.977. The van der Waals surface area contributed by atoms with Gasteiger partial charge in [0.25, 0.3) is 0 Å². The topological polar surface area (TPSA) is 111 Å². The standard InChI is InChI=1S/C22H26N8O2/c1-5-29-18-10-14(6-7-17(18)26-28-29)16-8-9-30-19(16)20(32-4)24-21(27-30)23-15-11-22(3,12-15)25-13(2)31/h6-10,15H,5,11-12H2,1-4H3,(H,23,27)(H,25,31). The van der Waals surface area contributed by atoms with Gasteiger partial charge in [0.2, 0.25) is 17.7 Å². The van der Waals surface area contributed by atoms with E-state index in [1.165, 1.54) is 0 Å². The molecule has 32 heavy (non-hydrogen) atoms. The van der Waals surface area contributed by atoms with Gasteiger partial charge in [0, 0.05) is 36.8 Å². The lowest BCUT2D eigenvalue weighted by Gasteiger charge is -2.45. The number of anilines is 1. The van der Waals surface area contributed by atoms with Crippen molar-refractivity contribution in [2.24, 2.45) is 0 Å². The minimum Gasteiger partial charge on any atom is -0.479 e. The molecule has 0 radical (unpaired) electrons. The van der Waals surface area contributed by atoms with Gasteiger partial charge in [-0.2, -0.15) is 4.98 Å². The minimum atomic E-state index is -0.184. The Morgan fingerprint density at radius 1 is 1.31 bits per heavy atom. The molecule has 0 bridgehead atoms. The Labute approximate surface area is 185 Å². The zero-order valence-electron chi connectivity index (χ0n) is 18.6. The summed E-state index contributed by atoms with van der Waals surface area (Å²) < 4.78 is 9.30. The van der Waals surface area contributed by atoms with E-state index < -0.39 is 0 Å². The second-order valence-corrected chi connectivity index (χ2v) is 8.57. The first kappa shape index (κ1) is 20.2. The van der Waals surface area contributed by atoms with Gasteiger partial charge in [-0.25, -0.2) is 9.20 Å². The molecule has 0 spiro atoms. The SMILES string of the molecule is CCn1nnc2ccc(-c3ccn4nc(NC5CC(C)(NC(C)=O)C5)nc(OC)c34)cc21. The third-order valence-corrected chi connectivity index (χ3v) is 6.00. The number of methoxy groups -OCH3 is 1. The van der Waals surface area contributed by atoms with Crippen LogP contribution in [0, 0.1) is 0 Å². The highest BCUT2D eigenvalue weighted by molar-refractivity contribution is 5.89. The van der Waals surface area contributed by atoms with Crippen LogP contribution < -0.4 is 15.4 Å². The Balaban J connectivity index is 1.46. The first-order chi connectivity index (χ1) is 15.4. The van der Waals surface area contributed by atoms with Crippen molar-refractivity contribution in [2.45, 2.75) is 51.7 Å². The van der Waals surface area contributed by atoms with E-state index in [1.54, 1.807) is 18.5 Å². The summed E-state index contributed by atoms with van der Waals surface area (Å²) in [6.45, 7) is 6.38. The van der Waals surface area contributed by atoms with Crippen LogP contribution in [0.2, 0.25) is 0 Å². The number of fused-ring (bicyclic) bond motifs is 2. The molecule has 0 aliphatic heterocycles. The predicted molar refractivity (Wildman–Crippen MR) is 121 cm³/mol. The molecule has 1 aromatic carbocycles. The number of aromatic nitrogens is 6. The molecule has 1 aliphatic rings. The van der Waals surface area contributed by atoms with E-state index in [2.05, 4.69) is 37.1 Å². The zero-order chi connectivity index (χ0) is 22.5. The molecule has 3 aromatic heterocycles. The van der Waals surface area contributed by atoms with E-state index >= 15 is 0 Å². The molecular formula is C22H26N8O2. The summed E-state index contributed by atoms with van der Waals surface area (Å²) in [6.07, 6.45) is 3.53. The predicted octanol–water partition coefficient (Wildman–Crippen LogP) is 2.64. The Morgan fingerprint density at radius 3 is 2.84 bits per heavy atom. The summed E-state index contributed by atoms with van der Waals surface area (Å²) in [6, 6.07) is 8.27. The molecule has 10 nitrogen and oxygen atoms in total. The number of nitrogens with zero attached hydrogens (tertiary/aromatic N) is 6. The highest BCUT2D eigenvalue weighted by Crippen LogP contribution is 2.35. The molecule has 166 valence electrons. The van der Waals surface area contributed by atoms with Crippen molar-refractivity contribution >= 4 is 28.4 Å². The zero-order valence-corrected chi connectivity index (χ0v) is 18.6. The van der Waals surface area contributed by atoms with Crippen LogP contribution >= 0.6 is 0 Å². The van der Waals surface area contributed by atoms with Crippen molar-refractivity contribution in [1.82, 2.24) is 34.9 Å². The van der Waals surface area contributed by atoms with Crippen LogP contribution in [0.3, 0.4) is 0 Å². The van der Waals surface area contributed by atoms with E-state index in [1.807, 2.05) is 42.9 Å². The summed E-state index contributed by atoms with van der Waals surface area (Å²) in [5, 5.41) is 19.4. The van der Waals surface area contributed by atoms with E-state index in [9.17, 15) is 4.79 Å². The largest absolute Gasteiger partial charge is 0.479 e. The number of ether oxygens (including phenoxy) is 1. The number of carbonyl (C=O) groups is 1. The normalized spacial score (nSPS) is 20.3. The minimum absolute atomic E-state index is 0.0129. The Bertz CT molecular complexity index is 1320. The van der Waals surface area contributed by atoms with Crippen molar-refractivity contribution < 1.29 is 9.53 Å². The fraction of sp³-hybridized carbons (Fsp3) is 0.409. The van der Waals surface area contributed by atoms with E-state index in [0.717, 1.165) is 47.1 Å². The van der Waals surface area contributed by atoms with Gasteiger partial charge >= 0.3 is 0 Å². The third-order valence-electron chi connectivity index (χ3n) is 6.00. The summed E-state index contributed by atoms with van der Waals surface area (Å²) in [7, 11) is 1.61. The highest BCUT2D eigenvalue weighted by Gasteiger charge is 2.41. The molecule has 1 aliphatic carbocycles. The second kappa shape index (κ2) is 7.47. The molecule has 2 N–H and O–H groups in total. The fourth-order valence-electron chi connectivity index (χ4n) is 4.63. The van der Waals surface area contributed by atoms with Gasteiger partial charge in [-0.15, -0.1) is 10.2 Å². The summed E-state index contributed by atoms with van der Waals surface area (Å²) in [4.78, 5) is 16.0. The fourth-order valence-corrected chi connectivity index (χ4v) is 4.63. The van der Waals surface area contributed by atoms with Crippen LogP contribution in [0.5, 0.6) is 5.88 Å². The molecule has 0 saturated heterocycles. The number of nitrogens with one attached hydrogen (secondary N) is 2. The number of amides is 1. The van der Waals surface area contributed by atoms with Crippen LogP contribution in [0.4, 0.5) is 5.95 Å². The monoisotopic (exact) mass is 434 g/mol. The van der Waals surface area contributed by atoms with Crippen LogP contribution in [0.1, 0.15) is 33.6 Å². The van der Waals surface area contributed by atoms with E-state index in [-0.39, 0.29) is 17.5 Å². The Hall–Kier alpha value is -3.69. The molecule has 1 fully saturated rings. The lowest BCUT2D eigenvalue weighted by Crippen LogP contribution is -2.59. The first-order valence-corrected chi connectivity index (χ1v) is 10.7. The van der Waals surface area contributed by atoms with Crippen LogP contribution in [0.25, 0.3) is 27.7 Å². The maximum atomic E-state index is 11.4. The molecule has 5 rings (SSSR count). The maximum absolute atomic E-state index is 11.4. The van der Waals surface area contributed by atoms with Gasteiger partial charge in [-0.3, -0.25) is 4.79 Å². The van der Waals surface area contributed by atoms with Gasteiger partial charge < -0.3 is 15.4 Å². The summed E-state index contributed by atoms with van der Waals surface area (Å²) in [5.41, 5.74) is 4.45. The molecular weight excluding hydrogens is 408 g/mol. The van der Waals surface area contributed by atoms with Crippen molar-refractivity contribution in [3.63, 3.8) is 0 Å². The average molecular weight is 435 g/mol. The quantitative estimate of drug-likeness (QED) is 0.480. The number of carbonyl (C=O) groups excluding carboxylic acids is 1. The maximum Gasteiger partial charge on any atom is 0.244 e. The molecule has 0 unspecified atom stereocenters. The summed E-state index contributed by atoms with van der Waals surface area (Å²) >= 11 is 0. The highest BCUT2D eigenvalue weighted by atomic mass is 16.5.